The van der Waals surface area contributed by atoms with Crippen LogP contribution in [0.2, 0.25) is 0 Å². The van der Waals surface area contributed by atoms with E-state index in [1.807, 2.05) is 36.4 Å². The number of nitrogens with two attached hydrogens (primary N) is 1. The van der Waals surface area contributed by atoms with Crippen LogP contribution in [-0.4, -0.2) is 24.0 Å². The Bertz CT molecular complexity index is 605. The molecule has 1 saturated heterocycles. The SMILES string of the molecule is CC1CC(CN)CN1Cc1cccc(Oc2ccccc2)c1.Cl. The third-order valence-electron chi connectivity index (χ3n) is 4.39. The summed E-state index contributed by atoms with van der Waals surface area (Å²) < 4.78 is 5.91. The molecular formula is C19H25ClN2O. The van der Waals surface area contributed by atoms with Crippen molar-refractivity contribution in [1.82, 2.24) is 4.90 Å². The molecule has 0 aromatic heterocycles. The number of nitrogens with zero attached hydrogens (tertiary/aromatic N) is 1. The van der Waals surface area contributed by atoms with Crippen molar-refractivity contribution in [1.29, 1.82) is 0 Å². The minimum atomic E-state index is 0. The van der Waals surface area contributed by atoms with Crippen LogP contribution in [0.3, 0.4) is 0 Å². The van der Waals surface area contributed by atoms with Gasteiger partial charge in [0.15, 0.2) is 0 Å². The number of rotatable bonds is 5. The molecule has 1 heterocycles. The molecule has 0 amide bonds. The van der Waals surface area contributed by atoms with E-state index < -0.39 is 0 Å². The zero-order chi connectivity index (χ0) is 15.4. The van der Waals surface area contributed by atoms with Crippen LogP contribution in [0.4, 0.5) is 0 Å². The number of hydrogen-bond acceptors (Lipinski definition) is 3. The fourth-order valence-corrected chi connectivity index (χ4v) is 3.18. The van der Waals surface area contributed by atoms with Gasteiger partial charge in [0.2, 0.25) is 0 Å². The summed E-state index contributed by atoms with van der Waals surface area (Å²) in [6.07, 6.45) is 1.21. The van der Waals surface area contributed by atoms with Gasteiger partial charge < -0.3 is 10.5 Å². The number of benzene rings is 2. The van der Waals surface area contributed by atoms with Gasteiger partial charge in [-0.15, -0.1) is 12.4 Å². The molecule has 4 heteroatoms. The molecule has 23 heavy (non-hydrogen) atoms. The van der Waals surface area contributed by atoms with Gasteiger partial charge in [-0.05, 0) is 55.6 Å². The first-order chi connectivity index (χ1) is 10.7. The third-order valence-corrected chi connectivity index (χ3v) is 4.39. The molecule has 2 atom stereocenters. The van der Waals surface area contributed by atoms with Gasteiger partial charge in [-0.1, -0.05) is 30.3 Å². The molecule has 2 aromatic rings. The molecular weight excluding hydrogens is 308 g/mol. The lowest BCUT2D eigenvalue weighted by Gasteiger charge is -2.21. The summed E-state index contributed by atoms with van der Waals surface area (Å²) in [6, 6.07) is 18.9. The molecule has 0 spiro atoms. The second kappa shape index (κ2) is 8.34. The lowest BCUT2D eigenvalue weighted by atomic mass is 10.1. The van der Waals surface area contributed by atoms with Gasteiger partial charge in [0.1, 0.15) is 11.5 Å². The first kappa shape index (κ1) is 17.8. The van der Waals surface area contributed by atoms with E-state index in [1.165, 1.54) is 12.0 Å². The normalized spacial score (nSPS) is 21.0. The van der Waals surface area contributed by atoms with E-state index in [0.29, 0.717) is 12.0 Å². The van der Waals surface area contributed by atoms with Gasteiger partial charge in [-0.3, -0.25) is 4.90 Å². The van der Waals surface area contributed by atoms with E-state index in [-0.39, 0.29) is 12.4 Å². The van der Waals surface area contributed by atoms with Crippen molar-refractivity contribution >= 4 is 12.4 Å². The number of para-hydroxylation sites is 1. The molecule has 124 valence electrons. The highest BCUT2D eigenvalue weighted by molar-refractivity contribution is 5.85. The number of ether oxygens (including phenoxy) is 1. The molecule has 3 nitrogen and oxygen atoms in total. The van der Waals surface area contributed by atoms with E-state index in [0.717, 1.165) is 31.1 Å². The summed E-state index contributed by atoms with van der Waals surface area (Å²) in [4.78, 5) is 2.51. The number of likely N-dealkylation sites (tertiary alicyclic amines) is 1. The molecule has 0 saturated carbocycles. The largest absolute Gasteiger partial charge is 0.457 e. The molecule has 1 fully saturated rings. The average Bonchev–Trinajstić information content (AvgIpc) is 2.89. The average molecular weight is 333 g/mol. The van der Waals surface area contributed by atoms with Crippen molar-refractivity contribution in [3.05, 3.63) is 60.2 Å². The van der Waals surface area contributed by atoms with E-state index in [9.17, 15) is 0 Å². The Balaban J connectivity index is 0.00000192. The minimum Gasteiger partial charge on any atom is -0.457 e. The molecule has 0 bridgehead atoms. The molecule has 1 aliphatic rings. The van der Waals surface area contributed by atoms with E-state index in [1.54, 1.807) is 0 Å². The predicted molar refractivity (Wildman–Crippen MR) is 97.2 cm³/mol. The summed E-state index contributed by atoms with van der Waals surface area (Å²) in [5.74, 6) is 2.40. The predicted octanol–water partition coefficient (Wildman–Crippen LogP) is 4.07. The zero-order valence-electron chi connectivity index (χ0n) is 13.5. The Morgan fingerprint density at radius 1 is 1.09 bits per heavy atom. The number of hydrogen-bond donors (Lipinski definition) is 1. The van der Waals surface area contributed by atoms with Crippen LogP contribution < -0.4 is 10.5 Å². The molecule has 2 N–H and O–H groups in total. The molecule has 1 aliphatic heterocycles. The quantitative estimate of drug-likeness (QED) is 0.897. The molecule has 0 radical (unpaired) electrons. The molecule has 0 aliphatic carbocycles. The fourth-order valence-electron chi connectivity index (χ4n) is 3.18. The maximum absolute atomic E-state index is 5.91. The Kier molecular flexibility index (Phi) is 6.46. The lowest BCUT2D eigenvalue weighted by Crippen LogP contribution is -2.27. The highest BCUT2D eigenvalue weighted by Crippen LogP contribution is 2.26. The van der Waals surface area contributed by atoms with Crippen molar-refractivity contribution in [2.45, 2.75) is 25.9 Å². The standard InChI is InChI=1S/C19H24N2O.ClH/c1-15-10-17(12-20)14-21(15)13-16-6-5-9-19(11-16)22-18-7-3-2-4-8-18;/h2-9,11,15,17H,10,12-14,20H2,1H3;1H. The van der Waals surface area contributed by atoms with E-state index in [2.05, 4.69) is 30.0 Å². The van der Waals surface area contributed by atoms with Crippen molar-refractivity contribution in [2.75, 3.05) is 13.1 Å². The minimum absolute atomic E-state index is 0. The second-order valence-corrected chi connectivity index (χ2v) is 6.18. The monoisotopic (exact) mass is 332 g/mol. The van der Waals surface area contributed by atoms with Crippen LogP contribution in [-0.2, 0) is 6.54 Å². The van der Waals surface area contributed by atoms with Crippen LogP contribution in [0.15, 0.2) is 54.6 Å². The van der Waals surface area contributed by atoms with Crippen LogP contribution in [0, 0.1) is 5.92 Å². The molecule has 2 aromatic carbocycles. The van der Waals surface area contributed by atoms with Gasteiger partial charge in [0.25, 0.3) is 0 Å². The number of halogens is 1. The van der Waals surface area contributed by atoms with Gasteiger partial charge >= 0.3 is 0 Å². The Labute approximate surface area is 144 Å². The highest BCUT2D eigenvalue weighted by atomic mass is 35.5. The smallest absolute Gasteiger partial charge is 0.127 e. The first-order valence-electron chi connectivity index (χ1n) is 8.00. The van der Waals surface area contributed by atoms with Crippen molar-refractivity contribution in [2.24, 2.45) is 11.7 Å². The summed E-state index contributed by atoms with van der Waals surface area (Å²) in [6.45, 7) is 5.14. The molecule has 3 rings (SSSR count). The maximum atomic E-state index is 5.91. The fraction of sp³-hybridized carbons (Fsp3) is 0.368. The van der Waals surface area contributed by atoms with Gasteiger partial charge in [0, 0.05) is 19.1 Å². The lowest BCUT2D eigenvalue weighted by molar-refractivity contribution is 0.255. The van der Waals surface area contributed by atoms with Gasteiger partial charge in [-0.25, -0.2) is 0 Å². The van der Waals surface area contributed by atoms with Crippen LogP contribution in [0.5, 0.6) is 11.5 Å². The first-order valence-corrected chi connectivity index (χ1v) is 8.00. The van der Waals surface area contributed by atoms with Gasteiger partial charge in [-0.2, -0.15) is 0 Å². The summed E-state index contributed by atoms with van der Waals surface area (Å²) in [5.41, 5.74) is 7.10. The maximum Gasteiger partial charge on any atom is 0.127 e. The van der Waals surface area contributed by atoms with Crippen LogP contribution in [0.1, 0.15) is 18.9 Å². The van der Waals surface area contributed by atoms with E-state index in [4.69, 9.17) is 10.5 Å². The Morgan fingerprint density at radius 2 is 1.83 bits per heavy atom. The summed E-state index contributed by atoms with van der Waals surface area (Å²) in [7, 11) is 0. The van der Waals surface area contributed by atoms with E-state index >= 15 is 0 Å². The van der Waals surface area contributed by atoms with Crippen LogP contribution in [0.25, 0.3) is 0 Å². The Morgan fingerprint density at radius 3 is 2.52 bits per heavy atom. The molecule has 2 unspecified atom stereocenters. The zero-order valence-corrected chi connectivity index (χ0v) is 14.3. The topological polar surface area (TPSA) is 38.5 Å². The van der Waals surface area contributed by atoms with Gasteiger partial charge in [0.05, 0.1) is 0 Å². The van der Waals surface area contributed by atoms with Crippen molar-refractivity contribution < 1.29 is 4.74 Å². The van der Waals surface area contributed by atoms with Crippen LogP contribution >= 0.6 is 12.4 Å². The van der Waals surface area contributed by atoms with Crippen molar-refractivity contribution in [3.63, 3.8) is 0 Å². The van der Waals surface area contributed by atoms with Crippen molar-refractivity contribution in [3.8, 4) is 11.5 Å². The highest BCUT2D eigenvalue weighted by Gasteiger charge is 2.27. The summed E-state index contributed by atoms with van der Waals surface area (Å²) in [5, 5.41) is 0. The Hall–Kier alpha value is -1.55. The summed E-state index contributed by atoms with van der Waals surface area (Å²) >= 11 is 0. The third kappa shape index (κ3) is 4.71. The second-order valence-electron chi connectivity index (χ2n) is 6.18.